The van der Waals surface area contributed by atoms with Gasteiger partial charge in [0.15, 0.2) is 5.16 Å². The Balaban J connectivity index is 1.70. The van der Waals surface area contributed by atoms with Gasteiger partial charge in [-0.05, 0) is 51.2 Å². The first-order chi connectivity index (χ1) is 12.9. The summed E-state index contributed by atoms with van der Waals surface area (Å²) in [5.41, 5.74) is 2.23. The third-order valence-corrected chi connectivity index (χ3v) is 6.82. The zero-order chi connectivity index (χ0) is 19.6. The lowest BCUT2D eigenvalue weighted by Crippen LogP contribution is -2.46. The zero-order valence-electron chi connectivity index (χ0n) is 16.9. The fourth-order valence-corrected chi connectivity index (χ4v) is 4.63. The second-order valence-corrected chi connectivity index (χ2v) is 9.15. The number of nitrogens with zero attached hydrogens (tertiary/aromatic N) is 3. The Labute approximate surface area is 166 Å². The standard InChI is InChI=1S/C21H30N4OS/c1-13-9-11-18(12-10-13)25-17(5)23-24-21(25)27-16(4)20(26)22-19-8-6-7-14(2)15(19)3/h9-12,14-16,19H,6-8H2,1-5H3,(H,22,26). The van der Waals surface area contributed by atoms with E-state index in [9.17, 15) is 4.79 Å². The number of aryl methyl sites for hydroxylation is 2. The third-order valence-electron chi connectivity index (χ3n) is 5.77. The average molecular weight is 387 g/mol. The first kappa shape index (κ1) is 19.9. The van der Waals surface area contributed by atoms with Crippen molar-refractivity contribution in [2.45, 2.75) is 70.3 Å². The van der Waals surface area contributed by atoms with Gasteiger partial charge in [-0.3, -0.25) is 9.36 Å². The fraction of sp³-hybridized carbons (Fsp3) is 0.571. The zero-order valence-corrected chi connectivity index (χ0v) is 17.7. The Bertz CT molecular complexity index is 786. The molecule has 5 nitrogen and oxygen atoms in total. The molecule has 2 aromatic rings. The van der Waals surface area contributed by atoms with Crippen LogP contribution in [0.25, 0.3) is 5.69 Å². The van der Waals surface area contributed by atoms with E-state index in [4.69, 9.17) is 0 Å². The van der Waals surface area contributed by atoms with Crippen LogP contribution < -0.4 is 5.32 Å². The summed E-state index contributed by atoms with van der Waals surface area (Å²) in [5, 5.41) is 12.3. The van der Waals surface area contributed by atoms with Gasteiger partial charge in [-0.2, -0.15) is 0 Å². The number of thioether (sulfide) groups is 1. The van der Waals surface area contributed by atoms with Crippen LogP contribution in [0.15, 0.2) is 29.4 Å². The lowest BCUT2D eigenvalue weighted by molar-refractivity contribution is -0.121. The number of amides is 1. The molecule has 1 fully saturated rings. The van der Waals surface area contributed by atoms with Gasteiger partial charge in [0, 0.05) is 11.7 Å². The van der Waals surface area contributed by atoms with Gasteiger partial charge in [0.25, 0.3) is 0 Å². The minimum atomic E-state index is -0.220. The Hall–Kier alpha value is -1.82. The summed E-state index contributed by atoms with van der Waals surface area (Å²) in [6, 6.07) is 8.55. The summed E-state index contributed by atoms with van der Waals surface area (Å²) in [5.74, 6) is 2.10. The molecule has 27 heavy (non-hydrogen) atoms. The molecule has 4 unspecified atom stereocenters. The second-order valence-electron chi connectivity index (χ2n) is 7.84. The quantitative estimate of drug-likeness (QED) is 0.778. The van der Waals surface area contributed by atoms with Gasteiger partial charge < -0.3 is 5.32 Å². The van der Waals surface area contributed by atoms with Crippen molar-refractivity contribution in [3.05, 3.63) is 35.7 Å². The molecule has 0 saturated heterocycles. The van der Waals surface area contributed by atoms with Crippen LogP contribution >= 0.6 is 11.8 Å². The number of benzene rings is 1. The largest absolute Gasteiger partial charge is 0.352 e. The predicted molar refractivity (Wildman–Crippen MR) is 110 cm³/mol. The van der Waals surface area contributed by atoms with Crippen LogP contribution in [0.4, 0.5) is 0 Å². The van der Waals surface area contributed by atoms with Gasteiger partial charge >= 0.3 is 0 Å². The number of nitrogens with one attached hydrogen (secondary N) is 1. The molecule has 1 aromatic carbocycles. The van der Waals surface area contributed by atoms with Crippen LogP contribution in [0.3, 0.4) is 0 Å². The van der Waals surface area contributed by atoms with E-state index in [0.29, 0.717) is 11.8 Å². The molecule has 1 amide bonds. The number of hydrogen-bond donors (Lipinski definition) is 1. The molecule has 146 valence electrons. The van der Waals surface area contributed by atoms with Crippen LogP contribution in [-0.2, 0) is 4.79 Å². The van der Waals surface area contributed by atoms with Crippen molar-refractivity contribution in [2.75, 3.05) is 0 Å². The van der Waals surface area contributed by atoms with Gasteiger partial charge in [0.05, 0.1) is 5.25 Å². The van der Waals surface area contributed by atoms with Crippen molar-refractivity contribution in [3.63, 3.8) is 0 Å². The summed E-state index contributed by atoms with van der Waals surface area (Å²) in [6.07, 6.45) is 3.53. The highest BCUT2D eigenvalue weighted by Gasteiger charge is 2.30. The molecule has 3 rings (SSSR count). The summed E-state index contributed by atoms with van der Waals surface area (Å²) >= 11 is 1.47. The first-order valence-corrected chi connectivity index (χ1v) is 10.7. The van der Waals surface area contributed by atoms with E-state index < -0.39 is 0 Å². The van der Waals surface area contributed by atoms with Crippen molar-refractivity contribution in [2.24, 2.45) is 11.8 Å². The van der Waals surface area contributed by atoms with E-state index in [0.717, 1.165) is 23.1 Å². The molecule has 1 saturated carbocycles. The van der Waals surface area contributed by atoms with Gasteiger partial charge in [0.2, 0.25) is 5.91 Å². The Morgan fingerprint density at radius 3 is 2.59 bits per heavy atom. The topological polar surface area (TPSA) is 59.8 Å². The average Bonchev–Trinajstić information content (AvgIpc) is 3.00. The molecule has 1 aliphatic carbocycles. The van der Waals surface area contributed by atoms with E-state index in [-0.39, 0.29) is 17.2 Å². The summed E-state index contributed by atoms with van der Waals surface area (Å²) < 4.78 is 2.01. The summed E-state index contributed by atoms with van der Waals surface area (Å²) in [6.45, 7) is 10.5. The normalized spacial score (nSPS) is 23.8. The highest BCUT2D eigenvalue weighted by molar-refractivity contribution is 8.00. The number of carbonyl (C=O) groups is 1. The van der Waals surface area contributed by atoms with E-state index >= 15 is 0 Å². The van der Waals surface area contributed by atoms with Gasteiger partial charge in [-0.1, -0.05) is 56.1 Å². The van der Waals surface area contributed by atoms with Crippen LogP contribution in [0, 0.1) is 25.7 Å². The van der Waals surface area contributed by atoms with Crippen LogP contribution in [-0.4, -0.2) is 32.0 Å². The maximum absolute atomic E-state index is 12.8. The molecular weight excluding hydrogens is 356 g/mol. The second kappa shape index (κ2) is 8.46. The minimum absolute atomic E-state index is 0.0852. The van der Waals surface area contributed by atoms with Gasteiger partial charge in [-0.25, -0.2) is 0 Å². The number of hydrogen-bond acceptors (Lipinski definition) is 4. The van der Waals surface area contributed by atoms with Crippen LogP contribution in [0.1, 0.15) is 51.4 Å². The predicted octanol–water partition coefficient (Wildman–Crippen LogP) is 4.31. The maximum Gasteiger partial charge on any atom is 0.233 e. The Kier molecular flexibility index (Phi) is 6.25. The Morgan fingerprint density at radius 2 is 1.89 bits per heavy atom. The van der Waals surface area contributed by atoms with Crippen LogP contribution in [0.5, 0.6) is 0 Å². The number of carbonyl (C=O) groups excluding carboxylic acids is 1. The van der Waals surface area contributed by atoms with Crippen molar-refractivity contribution < 1.29 is 4.79 Å². The van der Waals surface area contributed by atoms with Gasteiger partial charge in [0.1, 0.15) is 5.82 Å². The lowest BCUT2D eigenvalue weighted by Gasteiger charge is -2.35. The van der Waals surface area contributed by atoms with E-state index in [1.54, 1.807) is 0 Å². The molecule has 4 atom stereocenters. The monoisotopic (exact) mass is 386 g/mol. The molecule has 1 aromatic heterocycles. The number of aromatic nitrogens is 3. The molecule has 6 heteroatoms. The molecule has 0 bridgehead atoms. The van der Waals surface area contributed by atoms with Crippen molar-refractivity contribution >= 4 is 17.7 Å². The molecule has 0 aliphatic heterocycles. The molecule has 1 N–H and O–H groups in total. The third kappa shape index (κ3) is 4.54. The van der Waals surface area contributed by atoms with E-state index in [1.165, 1.54) is 30.2 Å². The number of rotatable bonds is 5. The maximum atomic E-state index is 12.8. The van der Waals surface area contributed by atoms with Gasteiger partial charge in [-0.15, -0.1) is 10.2 Å². The fourth-order valence-electron chi connectivity index (χ4n) is 3.71. The van der Waals surface area contributed by atoms with Crippen LogP contribution in [0.2, 0.25) is 0 Å². The lowest BCUT2D eigenvalue weighted by atomic mass is 9.78. The van der Waals surface area contributed by atoms with E-state index in [1.807, 2.05) is 18.4 Å². The van der Waals surface area contributed by atoms with Crippen molar-refractivity contribution in [1.29, 1.82) is 0 Å². The van der Waals surface area contributed by atoms with Crippen molar-refractivity contribution in [1.82, 2.24) is 20.1 Å². The molecule has 1 aliphatic rings. The summed E-state index contributed by atoms with van der Waals surface area (Å²) in [7, 11) is 0. The molecular formula is C21H30N4OS. The molecule has 1 heterocycles. The highest BCUT2D eigenvalue weighted by Crippen LogP contribution is 2.30. The first-order valence-electron chi connectivity index (χ1n) is 9.83. The summed E-state index contributed by atoms with van der Waals surface area (Å²) in [4.78, 5) is 12.8. The molecule has 0 spiro atoms. The highest BCUT2D eigenvalue weighted by atomic mass is 32.2. The smallest absolute Gasteiger partial charge is 0.233 e. The Morgan fingerprint density at radius 1 is 1.19 bits per heavy atom. The van der Waals surface area contributed by atoms with Crippen molar-refractivity contribution in [3.8, 4) is 5.69 Å². The molecule has 0 radical (unpaired) electrons. The van der Waals surface area contributed by atoms with E-state index in [2.05, 4.69) is 60.6 Å². The SMILES string of the molecule is Cc1ccc(-n2c(C)nnc2SC(C)C(=O)NC2CCCC(C)C2C)cc1. The minimum Gasteiger partial charge on any atom is -0.352 e.